The molecule has 0 aromatic heterocycles. The van der Waals surface area contributed by atoms with Crippen LogP contribution in [0.25, 0.3) is 0 Å². The Morgan fingerprint density at radius 1 is 1.33 bits per heavy atom. The van der Waals surface area contributed by atoms with Gasteiger partial charge in [-0.15, -0.1) is 0 Å². The maximum atomic E-state index is 11.5. The third-order valence-corrected chi connectivity index (χ3v) is 2.87. The Morgan fingerprint density at radius 3 is 2.33 bits per heavy atom. The standard InChI is InChI=1S/C8H8BrO5P/c9-8(14-15(11,12)13)7(10)6-4-2-1-3-5-6/h1-5,8H,(H2,11,12,13). The molecule has 1 atom stereocenters. The number of rotatable bonds is 4. The van der Waals surface area contributed by atoms with E-state index >= 15 is 0 Å². The molecule has 0 aliphatic rings. The number of ketones is 1. The lowest BCUT2D eigenvalue weighted by Crippen LogP contribution is -2.16. The Labute approximate surface area is 94.4 Å². The highest BCUT2D eigenvalue weighted by Gasteiger charge is 2.26. The van der Waals surface area contributed by atoms with Gasteiger partial charge in [-0.1, -0.05) is 30.3 Å². The maximum absolute atomic E-state index is 11.5. The second-order valence-corrected chi connectivity index (χ2v) is 4.67. The van der Waals surface area contributed by atoms with E-state index in [1.807, 2.05) is 0 Å². The molecule has 0 heterocycles. The molecule has 0 aliphatic heterocycles. The fourth-order valence-electron chi connectivity index (χ4n) is 0.902. The Balaban J connectivity index is 2.74. The van der Waals surface area contributed by atoms with Gasteiger partial charge < -0.3 is 9.79 Å². The van der Waals surface area contributed by atoms with Gasteiger partial charge in [-0.05, 0) is 15.9 Å². The molecule has 1 unspecified atom stereocenters. The van der Waals surface area contributed by atoms with Crippen molar-refractivity contribution in [2.45, 2.75) is 5.01 Å². The molecule has 0 radical (unpaired) electrons. The summed E-state index contributed by atoms with van der Waals surface area (Å²) in [5.74, 6) is -0.543. The zero-order valence-corrected chi connectivity index (χ0v) is 9.89. The third-order valence-electron chi connectivity index (χ3n) is 1.49. The first-order valence-corrected chi connectivity index (χ1v) is 6.32. The molecule has 1 aromatic carbocycles. The summed E-state index contributed by atoms with van der Waals surface area (Å²) < 4.78 is 14.7. The predicted molar refractivity (Wildman–Crippen MR) is 56.6 cm³/mol. The van der Waals surface area contributed by atoms with Crippen molar-refractivity contribution in [3.8, 4) is 0 Å². The molecule has 82 valence electrons. The molecule has 0 saturated carbocycles. The van der Waals surface area contributed by atoms with Crippen molar-refractivity contribution in [1.29, 1.82) is 0 Å². The van der Waals surface area contributed by atoms with Crippen molar-refractivity contribution in [1.82, 2.24) is 0 Å². The van der Waals surface area contributed by atoms with Crippen LogP contribution in [0.15, 0.2) is 30.3 Å². The molecule has 15 heavy (non-hydrogen) atoms. The SMILES string of the molecule is O=C(c1ccccc1)C(Br)OP(=O)(O)O. The average molecular weight is 295 g/mol. The minimum Gasteiger partial charge on any atom is -0.303 e. The van der Waals surface area contributed by atoms with Gasteiger partial charge in [0.25, 0.3) is 0 Å². The lowest BCUT2D eigenvalue weighted by molar-refractivity contribution is 0.0852. The highest BCUT2D eigenvalue weighted by atomic mass is 79.9. The van der Waals surface area contributed by atoms with E-state index < -0.39 is 18.6 Å². The zero-order valence-electron chi connectivity index (χ0n) is 7.41. The van der Waals surface area contributed by atoms with Crippen LogP contribution in [0.4, 0.5) is 0 Å². The van der Waals surface area contributed by atoms with Crippen LogP contribution >= 0.6 is 23.8 Å². The highest BCUT2D eigenvalue weighted by Crippen LogP contribution is 2.39. The number of benzene rings is 1. The third kappa shape index (κ3) is 4.24. The van der Waals surface area contributed by atoms with Crippen molar-refractivity contribution in [2.24, 2.45) is 0 Å². The number of Topliss-reactive ketones (excluding diaryl/α,β-unsaturated/α-hetero) is 1. The van der Waals surface area contributed by atoms with Crippen LogP contribution in [0.1, 0.15) is 10.4 Å². The van der Waals surface area contributed by atoms with Gasteiger partial charge in [-0.2, -0.15) is 0 Å². The molecular formula is C8H8BrO5P. The predicted octanol–water partition coefficient (Wildman–Crippen LogP) is 1.70. The van der Waals surface area contributed by atoms with Crippen molar-refractivity contribution in [2.75, 3.05) is 0 Å². The van der Waals surface area contributed by atoms with E-state index in [1.165, 1.54) is 12.1 Å². The zero-order chi connectivity index (χ0) is 11.5. The Hall–Kier alpha value is -0.520. The number of hydrogen-bond donors (Lipinski definition) is 2. The van der Waals surface area contributed by atoms with E-state index in [2.05, 4.69) is 20.5 Å². The lowest BCUT2D eigenvalue weighted by atomic mass is 10.1. The summed E-state index contributed by atoms with van der Waals surface area (Å²) in [7, 11) is -4.66. The molecule has 0 saturated heterocycles. The summed E-state index contributed by atoms with van der Waals surface area (Å²) in [5, 5.41) is -1.35. The van der Waals surface area contributed by atoms with Crippen LogP contribution in [0.2, 0.25) is 0 Å². The highest BCUT2D eigenvalue weighted by molar-refractivity contribution is 9.09. The number of phosphoric ester groups is 1. The molecular weight excluding hydrogens is 287 g/mol. The normalized spacial score (nSPS) is 13.5. The van der Waals surface area contributed by atoms with Crippen molar-refractivity contribution in [3.05, 3.63) is 35.9 Å². The minimum absolute atomic E-state index is 0.313. The van der Waals surface area contributed by atoms with E-state index in [1.54, 1.807) is 18.2 Å². The largest absolute Gasteiger partial charge is 0.471 e. The van der Waals surface area contributed by atoms with E-state index in [0.717, 1.165) is 0 Å². The molecule has 0 bridgehead atoms. The summed E-state index contributed by atoms with van der Waals surface area (Å²) in [6.07, 6.45) is 0. The Kier molecular flexibility index (Phi) is 4.19. The summed E-state index contributed by atoms with van der Waals surface area (Å²) >= 11 is 2.75. The van der Waals surface area contributed by atoms with Crippen molar-refractivity contribution >= 4 is 29.5 Å². The lowest BCUT2D eigenvalue weighted by Gasteiger charge is -2.10. The van der Waals surface area contributed by atoms with Gasteiger partial charge in [0.05, 0.1) is 0 Å². The number of halogens is 1. The topological polar surface area (TPSA) is 83.8 Å². The van der Waals surface area contributed by atoms with Crippen molar-refractivity contribution in [3.63, 3.8) is 0 Å². The summed E-state index contributed by atoms with van der Waals surface area (Å²) in [6.45, 7) is 0. The fraction of sp³-hybridized carbons (Fsp3) is 0.125. The fourth-order valence-corrected chi connectivity index (χ4v) is 2.16. The van der Waals surface area contributed by atoms with Gasteiger partial charge in [0, 0.05) is 5.56 Å². The van der Waals surface area contributed by atoms with Gasteiger partial charge >= 0.3 is 7.82 Å². The molecule has 5 nitrogen and oxygen atoms in total. The second-order valence-electron chi connectivity index (χ2n) is 2.64. The maximum Gasteiger partial charge on any atom is 0.471 e. The Bertz CT molecular complexity index is 387. The number of carbonyl (C=O) groups excluding carboxylic acids is 1. The Morgan fingerprint density at radius 2 is 1.87 bits per heavy atom. The first-order chi connectivity index (χ1) is 6.90. The minimum atomic E-state index is -4.66. The summed E-state index contributed by atoms with van der Waals surface area (Å²) in [5.41, 5.74) is 0.313. The van der Waals surface area contributed by atoms with Gasteiger partial charge in [0.15, 0.2) is 5.01 Å². The van der Waals surface area contributed by atoms with Crippen molar-refractivity contribution < 1.29 is 23.7 Å². The smallest absolute Gasteiger partial charge is 0.303 e. The van der Waals surface area contributed by atoms with Gasteiger partial charge in [0.2, 0.25) is 5.78 Å². The first-order valence-electron chi connectivity index (χ1n) is 3.87. The van der Waals surface area contributed by atoms with Crippen LogP contribution in [-0.4, -0.2) is 20.6 Å². The molecule has 0 spiro atoms. The average Bonchev–Trinajstić information content (AvgIpc) is 2.15. The number of alkyl halides is 1. The molecule has 1 aromatic rings. The van der Waals surface area contributed by atoms with Crippen LogP contribution in [-0.2, 0) is 9.09 Å². The number of hydrogen-bond acceptors (Lipinski definition) is 3. The van der Waals surface area contributed by atoms with Gasteiger partial charge in [-0.3, -0.25) is 9.32 Å². The summed E-state index contributed by atoms with van der Waals surface area (Å²) in [4.78, 5) is 28.5. The monoisotopic (exact) mass is 294 g/mol. The van der Waals surface area contributed by atoms with Crippen LogP contribution in [0, 0.1) is 0 Å². The van der Waals surface area contributed by atoms with Crippen LogP contribution < -0.4 is 0 Å². The molecule has 7 heteroatoms. The number of phosphoric acid groups is 1. The number of carbonyl (C=O) groups is 1. The quantitative estimate of drug-likeness (QED) is 0.502. The van der Waals surface area contributed by atoms with E-state index in [4.69, 9.17) is 9.79 Å². The molecule has 0 amide bonds. The van der Waals surface area contributed by atoms with Crippen LogP contribution in [0.5, 0.6) is 0 Å². The molecule has 1 rings (SSSR count). The van der Waals surface area contributed by atoms with Gasteiger partial charge in [-0.25, -0.2) is 4.57 Å². The van der Waals surface area contributed by atoms with Gasteiger partial charge in [0.1, 0.15) is 0 Å². The first kappa shape index (κ1) is 12.5. The van der Waals surface area contributed by atoms with Crippen LogP contribution in [0.3, 0.4) is 0 Å². The molecule has 0 aliphatic carbocycles. The molecule has 2 N–H and O–H groups in total. The van der Waals surface area contributed by atoms with E-state index in [-0.39, 0.29) is 0 Å². The van der Waals surface area contributed by atoms with E-state index in [0.29, 0.717) is 5.56 Å². The van der Waals surface area contributed by atoms with E-state index in [9.17, 15) is 9.36 Å². The second kappa shape index (κ2) is 5.01. The molecule has 0 fully saturated rings. The summed E-state index contributed by atoms with van der Waals surface area (Å²) in [6, 6.07) is 8.07.